The Balaban J connectivity index is 3.80. The molecule has 0 aromatic carbocycles. The standard InChI is InChI=1S/C6H12O4/c1-4(5(7)8)3-6(2,9)10/h4,9-10H,3H2,1-2H3,(H,7,8). The van der Waals surface area contributed by atoms with E-state index < -0.39 is 17.7 Å². The number of rotatable bonds is 3. The Bertz CT molecular complexity index is 124. The normalized spacial score (nSPS) is 14.8. The molecule has 0 rings (SSSR count). The summed E-state index contributed by atoms with van der Waals surface area (Å²) < 4.78 is 0. The van der Waals surface area contributed by atoms with Crippen LogP contribution in [0.4, 0.5) is 0 Å². The van der Waals surface area contributed by atoms with Crippen molar-refractivity contribution in [2.45, 2.75) is 26.1 Å². The highest BCUT2D eigenvalue weighted by molar-refractivity contribution is 5.69. The Hall–Kier alpha value is -0.610. The zero-order chi connectivity index (χ0) is 8.36. The van der Waals surface area contributed by atoms with Gasteiger partial charge in [-0.3, -0.25) is 4.79 Å². The number of hydrogen-bond donors (Lipinski definition) is 3. The van der Waals surface area contributed by atoms with Crippen LogP contribution in [-0.4, -0.2) is 27.1 Å². The van der Waals surface area contributed by atoms with E-state index in [1.165, 1.54) is 6.92 Å². The van der Waals surface area contributed by atoms with Crippen LogP contribution < -0.4 is 0 Å². The summed E-state index contributed by atoms with van der Waals surface area (Å²) in [4.78, 5) is 10.2. The fourth-order valence-corrected chi connectivity index (χ4v) is 0.667. The van der Waals surface area contributed by atoms with Crippen LogP contribution in [0.2, 0.25) is 0 Å². The minimum absolute atomic E-state index is 0.150. The smallest absolute Gasteiger partial charge is 0.306 e. The Morgan fingerprint density at radius 2 is 2.00 bits per heavy atom. The van der Waals surface area contributed by atoms with Crippen molar-refractivity contribution in [3.8, 4) is 0 Å². The van der Waals surface area contributed by atoms with Gasteiger partial charge in [-0.2, -0.15) is 0 Å². The third-order valence-corrected chi connectivity index (χ3v) is 1.11. The van der Waals surface area contributed by atoms with Crippen molar-refractivity contribution in [3.63, 3.8) is 0 Å². The second kappa shape index (κ2) is 2.98. The molecule has 0 aliphatic heterocycles. The monoisotopic (exact) mass is 148 g/mol. The summed E-state index contributed by atoms with van der Waals surface area (Å²) in [5.41, 5.74) is 0. The average molecular weight is 148 g/mol. The number of aliphatic carboxylic acids is 1. The van der Waals surface area contributed by atoms with E-state index in [4.69, 9.17) is 15.3 Å². The average Bonchev–Trinajstić information content (AvgIpc) is 1.60. The highest BCUT2D eigenvalue weighted by Gasteiger charge is 2.23. The zero-order valence-electron chi connectivity index (χ0n) is 6.03. The van der Waals surface area contributed by atoms with Crippen LogP contribution in [0.5, 0.6) is 0 Å². The maximum atomic E-state index is 10.2. The van der Waals surface area contributed by atoms with Gasteiger partial charge in [0.2, 0.25) is 0 Å². The van der Waals surface area contributed by atoms with E-state index in [2.05, 4.69) is 0 Å². The van der Waals surface area contributed by atoms with Gasteiger partial charge in [0.05, 0.1) is 5.92 Å². The van der Waals surface area contributed by atoms with E-state index in [1.54, 1.807) is 0 Å². The van der Waals surface area contributed by atoms with Gasteiger partial charge < -0.3 is 15.3 Å². The van der Waals surface area contributed by atoms with E-state index in [0.29, 0.717) is 0 Å². The fraction of sp³-hybridized carbons (Fsp3) is 0.833. The summed E-state index contributed by atoms with van der Waals surface area (Å²) >= 11 is 0. The molecule has 3 N–H and O–H groups in total. The molecule has 0 aromatic heterocycles. The van der Waals surface area contributed by atoms with E-state index >= 15 is 0 Å². The number of carbonyl (C=O) groups is 1. The van der Waals surface area contributed by atoms with Crippen LogP contribution in [0.1, 0.15) is 20.3 Å². The van der Waals surface area contributed by atoms with Crippen molar-refractivity contribution in [1.29, 1.82) is 0 Å². The molecular weight excluding hydrogens is 136 g/mol. The van der Waals surface area contributed by atoms with Gasteiger partial charge in [0.1, 0.15) is 0 Å². The minimum Gasteiger partial charge on any atom is -0.481 e. The van der Waals surface area contributed by atoms with Crippen molar-refractivity contribution in [3.05, 3.63) is 0 Å². The van der Waals surface area contributed by atoms with Gasteiger partial charge in [-0.1, -0.05) is 6.92 Å². The first-order valence-electron chi connectivity index (χ1n) is 3.00. The molecule has 0 spiro atoms. The summed E-state index contributed by atoms with van der Waals surface area (Å²) in [5.74, 6) is -3.62. The van der Waals surface area contributed by atoms with E-state index in [1.807, 2.05) is 0 Å². The maximum Gasteiger partial charge on any atom is 0.306 e. The van der Waals surface area contributed by atoms with E-state index in [9.17, 15) is 4.79 Å². The van der Waals surface area contributed by atoms with Crippen LogP contribution in [0.3, 0.4) is 0 Å². The molecule has 0 heterocycles. The molecule has 0 fully saturated rings. The minimum atomic E-state index is -1.88. The van der Waals surface area contributed by atoms with Crippen LogP contribution in [0.25, 0.3) is 0 Å². The largest absolute Gasteiger partial charge is 0.481 e. The highest BCUT2D eigenvalue weighted by Crippen LogP contribution is 2.12. The molecular formula is C6H12O4. The molecule has 0 bridgehead atoms. The predicted octanol–water partition coefficient (Wildman–Crippen LogP) is -0.202. The topological polar surface area (TPSA) is 77.8 Å². The third kappa shape index (κ3) is 4.29. The molecule has 0 saturated heterocycles. The summed E-state index contributed by atoms with van der Waals surface area (Å²) in [6.07, 6.45) is -0.150. The third-order valence-electron chi connectivity index (χ3n) is 1.11. The van der Waals surface area contributed by atoms with Crippen molar-refractivity contribution in [2.75, 3.05) is 0 Å². The summed E-state index contributed by atoms with van der Waals surface area (Å²) in [6.45, 7) is 2.58. The number of aliphatic hydroxyl groups is 2. The molecule has 1 unspecified atom stereocenters. The summed E-state index contributed by atoms with van der Waals surface area (Å²) in [6, 6.07) is 0. The highest BCUT2D eigenvalue weighted by atomic mass is 16.5. The number of carboxylic acids is 1. The van der Waals surface area contributed by atoms with Crippen molar-refractivity contribution >= 4 is 5.97 Å². The molecule has 10 heavy (non-hydrogen) atoms. The Morgan fingerprint density at radius 1 is 1.60 bits per heavy atom. The first-order valence-corrected chi connectivity index (χ1v) is 3.00. The lowest BCUT2D eigenvalue weighted by Crippen LogP contribution is -2.28. The molecule has 0 aliphatic rings. The fourth-order valence-electron chi connectivity index (χ4n) is 0.667. The Labute approximate surface area is 59.1 Å². The van der Waals surface area contributed by atoms with Gasteiger partial charge >= 0.3 is 5.97 Å². The molecule has 0 aromatic rings. The summed E-state index contributed by atoms with van der Waals surface area (Å²) in [5, 5.41) is 25.8. The first kappa shape index (κ1) is 9.39. The van der Waals surface area contributed by atoms with Gasteiger partial charge in [0.25, 0.3) is 0 Å². The van der Waals surface area contributed by atoms with Gasteiger partial charge in [0, 0.05) is 6.42 Å². The quantitative estimate of drug-likeness (QED) is 0.484. The van der Waals surface area contributed by atoms with Gasteiger partial charge in [0.15, 0.2) is 5.79 Å². The molecule has 0 aliphatic carbocycles. The lowest BCUT2D eigenvalue weighted by Gasteiger charge is -2.17. The number of carboxylic acid groups (broad SMARTS) is 1. The molecule has 0 amide bonds. The van der Waals surface area contributed by atoms with Crippen molar-refractivity contribution < 1.29 is 20.1 Å². The zero-order valence-corrected chi connectivity index (χ0v) is 6.03. The van der Waals surface area contributed by atoms with Crippen LogP contribution >= 0.6 is 0 Å². The van der Waals surface area contributed by atoms with Gasteiger partial charge in [-0.15, -0.1) is 0 Å². The predicted molar refractivity (Wildman–Crippen MR) is 34.3 cm³/mol. The van der Waals surface area contributed by atoms with Gasteiger partial charge in [-0.05, 0) is 6.92 Å². The van der Waals surface area contributed by atoms with Gasteiger partial charge in [-0.25, -0.2) is 0 Å². The van der Waals surface area contributed by atoms with Crippen LogP contribution in [0, 0.1) is 5.92 Å². The molecule has 4 nitrogen and oxygen atoms in total. The molecule has 60 valence electrons. The lowest BCUT2D eigenvalue weighted by atomic mass is 10.0. The molecule has 0 saturated carbocycles. The summed E-state index contributed by atoms with van der Waals surface area (Å²) in [7, 11) is 0. The van der Waals surface area contributed by atoms with Crippen molar-refractivity contribution in [2.24, 2.45) is 5.92 Å². The number of hydrogen-bond acceptors (Lipinski definition) is 3. The molecule has 1 atom stereocenters. The molecule has 0 radical (unpaired) electrons. The second-order valence-corrected chi connectivity index (χ2v) is 2.66. The van der Waals surface area contributed by atoms with E-state index in [-0.39, 0.29) is 6.42 Å². The SMILES string of the molecule is CC(CC(C)(O)O)C(=O)O. The van der Waals surface area contributed by atoms with E-state index in [0.717, 1.165) is 6.92 Å². The lowest BCUT2D eigenvalue weighted by molar-refractivity contribution is -0.168. The first-order chi connectivity index (χ1) is 4.33. The Kier molecular flexibility index (Phi) is 2.80. The maximum absolute atomic E-state index is 10.2. The molecule has 4 heteroatoms. The van der Waals surface area contributed by atoms with Crippen LogP contribution in [-0.2, 0) is 4.79 Å². The Morgan fingerprint density at radius 3 is 2.10 bits per heavy atom. The second-order valence-electron chi connectivity index (χ2n) is 2.66. The van der Waals surface area contributed by atoms with Crippen molar-refractivity contribution in [1.82, 2.24) is 0 Å². The van der Waals surface area contributed by atoms with Crippen LogP contribution in [0.15, 0.2) is 0 Å².